The second kappa shape index (κ2) is 4.46. The lowest BCUT2D eigenvalue weighted by Gasteiger charge is -2.14. The van der Waals surface area contributed by atoms with E-state index in [1.54, 1.807) is 6.92 Å². The summed E-state index contributed by atoms with van der Waals surface area (Å²) >= 11 is 0. The highest BCUT2D eigenvalue weighted by Crippen LogP contribution is 2.22. The van der Waals surface area contributed by atoms with Crippen LogP contribution in [-0.2, 0) is 0 Å². The average molecular weight is 203 g/mol. The number of nitrogens with two attached hydrogens (primary N) is 1. The Hall–Kier alpha value is -1.03. The van der Waals surface area contributed by atoms with Gasteiger partial charge in [0, 0.05) is 12.5 Å². The molecule has 0 aliphatic heterocycles. The predicted molar refractivity (Wildman–Crippen MR) is 48.7 cm³/mol. The van der Waals surface area contributed by atoms with Gasteiger partial charge < -0.3 is 5.73 Å². The van der Waals surface area contributed by atoms with Gasteiger partial charge in [0.1, 0.15) is 5.82 Å². The Morgan fingerprint density at radius 2 is 2.00 bits per heavy atom. The number of hydrogen-bond acceptors (Lipinski definition) is 1. The predicted octanol–water partition coefficient (Wildman–Crippen LogP) is 2.79. The molecule has 2 N–H and O–H groups in total. The van der Waals surface area contributed by atoms with Gasteiger partial charge in [-0.2, -0.15) is 0 Å². The fourth-order valence-corrected chi connectivity index (χ4v) is 1.33. The van der Waals surface area contributed by atoms with Gasteiger partial charge >= 0.3 is 0 Å². The van der Waals surface area contributed by atoms with E-state index in [0.29, 0.717) is 5.56 Å². The number of halogens is 3. The summed E-state index contributed by atoms with van der Waals surface area (Å²) in [4.78, 5) is 0. The van der Waals surface area contributed by atoms with Crippen LogP contribution in [0.3, 0.4) is 0 Å². The number of aryl methyl sites for hydroxylation is 1. The molecule has 0 radical (unpaired) electrons. The summed E-state index contributed by atoms with van der Waals surface area (Å²) in [5, 5.41) is 0. The zero-order valence-corrected chi connectivity index (χ0v) is 7.81. The first-order valence-corrected chi connectivity index (χ1v) is 4.30. The molecule has 0 unspecified atom stereocenters. The maximum atomic E-state index is 12.8. The summed E-state index contributed by atoms with van der Waals surface area (Å²) in [6.07, 6.45) is -2.91. The van der Waals surface area contributed by atoms with Crippen LogP contribution in [0.15, 0.2) is 18.2 Å². The monoisotopic (exact) mass is 203 g/mol. The van der Waals surface area contributed by atoms with Gasteiger partial charge in [-0.05, 0) is 30.2 Å². The lowest BCUT2D eigenvalue weighted by Crippen LogP contribution is -2.15. The minimum Gasteiger partial charge on any atom is -0.324 e. The van der Waals surface area contributed by atoms with Crippen molar-refractivity contribution in [2.24, 2.45) is 5.73 Å². The van der Waals surface area contributed by atoms with Crippen molar-refractivity contribution in [3.63, 3.8) is 0 Å². The molecular formula is C10H12F3N. The van der Waals surface area contributed by atoms with E-state index in [0.717, 1.165) is 5.56 Å². The standard InChI is InChI=1S/C10H12F3N/c1-6-2-3-7(11)4-8(6)9(14)5-10(12)13/h2-4,9-10H,5,14H2,1H3/t9-/m1/s1. The third-order valence-electron chi connectivity index (χ3n) is 2.07. The molecule has 0 fully saturated rings. The second-order valence-electron chi connectivity index (χ2n) is 3.23. The summed E-state index contributed by atoms with van der Waals surface area (Å²) in [5.41, 5.74) is 6.70. The van der Waals surface area contributed by atoms with Crippen LogP contribution in [0, 0.1) is 12.7 Å². The van der Waals surface area contributed by atoms with Crippen molar-refractivity contribution < 1.29 is 13.2 Å². The van der Waals surface area contributed by atoms with Gasteiger partial charge in [-0.15, -0.1) is 0 Å². The Bertz CT molecular complexity index is 312. The third-order valence-corrected chi connectivity index (χ3v) is 2.07. The lowest BCUT2D eigenvalue weighted by molar-refractivity contribution is 0.128. The molecule has 0 aliphatic carbocycles. The maximum absolute atomic E-state index is 12.8. The molecule has 1 aromatic carbocycles. The van der Waals surface area contributed by atoms with Gasteiger partial charge in [0.2, 0.25) is 6.43 Å². The summed E-state index contributed by atoms with van der Waals surface area (Å²) in [5.74, 6) is -0.449. The fourth-order valence-electron chi connectivity index (χ4n) is 1.33. The zero-order valence-electron chi connectivity index (χ0n) is 7.81. The molecule has 0 bridgehead atoms. The summed E-state index contributed by atoms with van der Waals surface area (Å²) in [6.45, 7) is 1.72. The van der Waals surface area contributed by atoms with Crippen LogP contribution in [0.4, 0.5) is 13.2 Å². The molecule has 0 amide bonds. The zero-order chi connectivity index (χ0) is 10.7. The van der Waals surface area contributed by atoms with Crippen LogP contribution < -0.4 is 5.73 Å². The van der Waals surface area contributed by atoms with E-state index < -0.39 is 24.7 Å². The normalized spacial score (nSPS) is 13.3. The molecule has 14 heavy (non-hydrogen) atoms. The van der Waals surface area contributed by atoms with E-state index in [1.807, 2.05) is 0 Å². The van der Waals surface area contributed by atoms with Gasteiger partial charge in [0.05, 0.1) is 0 Å². The first-order valence-electron chi connectivity index (χ1n) is 4.30. The van der Waals surface area contributed by atoms with Crippen molar-refractivity contribution in [2.45, 2.75) is 25.8 Å². The molecule has 0 heterocycles. The van der Waals surface area contributed by atoms with E-state index in [1.165, 1.54) is 18.2 Å². The highest BCUT2D eigenvalue weighted by atomic mass is 19.3. The quantitative estimate of drug-likeness (QED) is 0.803. The largest absolute Gasteiger partial charge is 0.324 e. The second-order valence-corrected chi connectivity index (χ2v) is 3.23. The Balaban J connectivity index is 2.88. The Morgan fingerprint density at radius 3 is 2.57 bits per heavy atom. The topological polar surface area (TPSA) is 26.0 Å². The Morgan fingerprint density at radius 1 is 1.36 bits per heavy atom. The SMILES string of the molecule is Cc1ccc(F)cc1[C@H](N)CC(F)F. The van der Waals surface area contributed by atoms with Gasteiger partial charge in [0.15, 0.2) is 0 Å². The molecule has 0 saturated carbocycles. The maximum Gasteiger partial charge on any atom is 0.240 e. The average Bonchev–Trinajstić information content (AvgIpc) is 2.08. The minimum absolute atomic E-state index is 0.440. The molecule has 1 aromatic rings. The van der Waals surface area contributed by atoms with Crippen molar-refractivity contribution in [3.8, 4) is 0 Å². The Labute approximate surface area is 80.7 Å². The van der Waals surface area contributed by atoms with Gasteiger partial charge in [-0.25, -0.2) is 13.2 Å². The fraction of sp³-hybridized carbons (Fsp3) is 0.400. The number of benzene rings is 1. The molecule has 1 nitrogen and oxygen atoms in total. The molecule has 78 valence electrons. The highest BCUT2D eigenvalue weighted by Gasteiger charge is 2.15. The summed E-state index contributed by atoms with van der Waals surface area (Å²) in [6, 6.07) is 3.23. The van der Waals surface area contributed by atoms with Crippen LogP contribution >= 0.6 is 0 Å². The molecular weight excluding hydrogens is 191 g/mol. The molecule has 0 spiro atoms. The summed E-state index contributed by atoms with van der Waals surface area (Å²) in [7, 11) is 0. The highest BCUT2D eigenvalue weighted by molar-refractivity contribution is 5.29. The van der Waals surface area contributed by atoms with Gasteiger partial charge in [0.25, 0.3) is 0 Å². The molecule has 0 aliphatic rings. The first kappa shape index (κ1) is 11.0. The number of hydrogen-bond donors (Lipinski definition) is 1. The first-order chi connectivity index (χ1) is 6.50. The Kier molecular flexibility index (Phi) is 3.52. The van der Waals surface area contributed by atoms with E-state index in [-0.39, 0.29) is 0 Å². The van der Waals surface area contributed by atoms with E-state index >= 15 is 0 Å². The van der Waals surface area contributed by atoms with Gasteiger partial charge in [-0.1, -0.05) is 6.07 Å². The van der Waals surface area contributed by atoms with Gasteiger partial charge in [-0.3, -0.25) is 0 Å². The number of alkyl halides is 2. The minimum atomic E-state index is -2.47. The molecule has 1 rings (SSSR count). The van der Waals surface area contributed by atoms with Crippen LogP contribution in [0.2, 0.25) is 0 Å². The van der Waals surface area contributed by atoms with Crippen LogP contribution in [-0.4, -0.2) is 6.43 Å². The van der Waals surface area contributed by atoms with Crippen molar-refractivity contribution in [3.05, 3.63) is 35.1 Å². The smallest absolute Gasteiger partial charge is 0.240 e. The molecule has 0 saturated heterocycles. The van der Waals surface area contributed by atoms with Crippen molar-refractivity contribution >= 4 is 0 Å². The van der Waals surface area contributed by atoms with Crippen molar-refractivity contribution in [1.29, 1.82) is 0 Å². The molecule has 4 heteroatoms. The third kappa shape index (κ3) is 2.73. The van der Waals surface area contributed by atoms with Crippen LogP contribution in [0.25, 0.3) is 0 Å². The van der Waals surface area contributed by atoms with Crippen LogP contribution in [0.1, 0.15) is 23.6 Å². The summed E-state index contributed by atoms with van der Waals surface area (Å²) < 4.78 is 36.9. The molecule has 0 aromatic heterocycles. The lowest BCUT2D eigenvalue weighted by atomic mass is 9.99. The van der Waals surface area contributed by atoms with E-state index in [2.05, 4.69) is 0 Å². The van der Waals surface area contributed by atoms with Crippen LogP contribution in [0.5, 0.6) is 0 Å². The van der Waals surface area contributed by atoms with Crippen molar-refractivity contribution in [2.75, 3.05) is 0 Å². The number of rotatable bonds is 3. The molecule has 1 atom stereocenters. The van der Waals surface area contributed by atoms with Crippen molar-refractivity contribution in [1.82, 2.24) is 0 Å². The van der Waals surface area contributed by atoms with E-state index in [9.17, 15) is 13.2 Å². The van der Waals surface area contributed by atoms with E-state index in [4.69, 9.17) is 5.73 Å².